The van der Waals surface area contributed by atoms with Gasteiger partial charge in [-0.05, 0) is 117 Å². The molecular weight excluding hydrogens is 706 g/mol. The summed E-state index contributed by atoms with van der Waals surface area (Å²) in [7, 11) is 0. The molecular formula is C38H46N4O8Zn. The second-order valence-corrected chi connectivity index (χ2v) is 11.5. The van der Waals surface area contributed by atoms with Gasteiger partial charge in [-0.15, -0.1) is 0 Å². The minimum Gasteiger partial charge on any atom is -0.613 e. The Morgan fingerprint density at radius 3 is 1.12 bits per heavy atom. The molecule has 4 heterocycles. The van der Waals surface area contributed by atoms with Crippen LogP contribution in [0.1, 0.15) is 83.1 Å². The number of allylic oxidation sites excluding steroid dienone is 8. The molecule has 12 nitrogen and oxygen atoms in total. The average molecular weight is 752 g/mol. The fourth-order valence-corrected chi connectivity index (χ4v) is 5.72. The van der Waals surface area contributed by atoms with Gasteiger partial charge in [0.1, 0.15) is 0 Å². The zero-order valence-electron chi connectivity index (χ0n) is 31.7. The standard InChI is InChI=1S/2C19H24N2O4.Zn/c2*1-7-24-18(22)16-10(3)14(20-12(16)5)9-15-11(4)17(13(6)21-15)19(23)25-8-2;/h2*9,22H,7-8H2,1-6H3;/q;;+2/p-2/b2*15-9-,18-16+;. The average Bonchev–Trinajstić information content (AvgIpc) is 3.68. The molecule has 268 valence electrons. The summed E-state index contributed by atoms with van der Waals surface area (Å²) in [6, 6.07) is 0. The Labute approximate surface area is 313 Å². The van der Waals surface area contributed by atoms with Crippen LogP contribution >= 0.6 is 0 Å². The monoisotopic (exact) mass is 750 g/mol. The summed E-state index contributed by atoms with van der Waals surface area (Å²) in [6.07, 6.45) is 3.58. The Morgan fingerprint density at radius 1 is 0.510 bits per heavy atom. The Kier molecular flexibility index (Phi) is 15.5. The Hall–Kier alpha value is -4.64. The van der Waals surface area contributed by atoms with Crippen molar-refractivity contribution in [2.24, 2.45) is 20.0 Å². The van der Waals surface area contributed by atoms with Crippen LogP contribution in [0.5, 0.6) is 0 Å². The number of rotatable bonds is 10. The van der Waals surface area contributed by atoms with Gasteiger partial charge in [0, 0.05) is 22.6 Å². The smallest absolute Gasteiger partial charge is 0.613 e. The predicted octanol–water partition coefficient (Wildman–Crippen LogP) is 5.16. The number of hydrogen-bond acceptors (Lipinski definition) is 12. The number of nitrogens with zero attached hydrogens (tertiary/aromatic N) is 4. The van der Waals surface area contributed by atoms with Gasteiger partial charge in [-0.3, -0.25) is 20.0 Å². The van der Waals surface area contributed by atoms with E-state index in [4.69, 9.17) is 18.9 Å². The maximum atomic E-state index is 12.1. The van der Waals surface area contributed by atoms with E-state index in [1.807, 2.05) is 27.7 Å². The van der Waals surface area contributed by atoms with E-state index in [0.717, 1.165) is 22.3 Å². The van der Waals surface area contributed by atoms with Gasteiger partial charge in [-0.2, -0.15) is 0 Å². The first-order valence-corrected chi connectivity index (χ1v) is 16.6. The summed E-state index contributed by atoms with van der Waals surface area (Å²) in [4.78, 5) is 42.0. The summed E-state index contributed by atoms with van der Waals surface area (Å²) >= 11 is 0. The van der Waals surface area contributed by atoms with E-state index in [9.17, 15) is 19.8 Å². The van der Waals surface area contributed by atoms with Crippen molar-refractivity contribution >= 4 is 34.8 Å². The molecule has 0 unspecified atom stereocenters. The van der Waals surface area contributed by atoms with Crippen molar-refractivity contribution in [3.63, 3.8) is 0 Å². The summed E-state index contributed by atoms with van der Waals surface area (Å²) in [5, 5.41) is 24.2. The van der Waals surface area contributed by atoms with Crippen LogP contribution in [0.3, 0.4) is 0 Å². The molecule has 0 aliphatic carbocycles. The van der Waals surface area contributed by atoms with Gasteiger partial charge in [-0.25, -0.2) is 9.59 Å². The number of ether oxygens (including phenoxy) is 4. The summed E-state index contributed by atoms with van der Waals surface area (Å²) < 4.78 is 20.4. The van der Waals surface area contributed by atoms with E-state index < -0.39 is 0 Å². The minimum atomic E-state index is -0.375. The third-order valence-electron chi connectivity index (χ3n) is 8.10. The van der Waals surface area contributed by atoms with Gasteiger partial charge in [-0.1, -0.05) is 13.8 Å². The van der Waals surface area contributed by atoms with Crippen molar-refractivity contribution < 1.29 is 58.2 Å². The predicted molar refractivity (Wildman–Crippen MR) is 190 cm³/mol. The Morgan fingerprint density at radius 2 is 0.824 bits per heavy atom. The Balaban J connectivity index is 0.000000347. The number of hydrogen-bond donors (Lipinski definition) is 0. The molecule has 0 aromatic carbocycles. The molecule has 0 spiro atoms. The molecule has 0 atom stereocenters. The van der Waals surface area contributed by atoms with Crippen molar-refractivity contribution in [3.8, 4) is 0 Å². The van der Waals surface area contributed by atoms with Crippen LogP contribution in [0.4, 0.5) is 0 Å². The van der Waals surface area contributed by atoms with Crippen LogP contribution in [0, 0.1) is 0 Å². The van der Waals surface area contributed by atoms with E-state index >= 15 is 0 Å². The van der Waals surface area contributed by atoms with Crippen LogP contribution in [0.25, 0.3) is 0 Å². The molecule has 0 aromatic heterocycles. The minimum absolute atomic E-state index is 0. The number of esters is 2. The summed E-state index contributed by atoms with van der Waals surface area (Å²) in [5.74, 6) is -1.50. The number of carbonyl (C=O) groups is 2. The van der Waals surface area contributed by atoms with Crippen molar-refractivity contribution in [2.75, 3.05) is 26.4 Å². The molecule has 4 aliphatic rings. The fourth-order valence-electron chi connectivity index (χ4n) is 5.72. The Bertz CT molecular complexity index is 1730. The number of aliphatic imine (C=N–C) groups is 4. The topological polar surface area (TPSA) is 167 Å². The first-order valence-electron chi connectivity index (χ1n) is 16.6. The normalized spacial score (nSPS) is 20.5. The largest absolute Gasteiger partial charge is 2.00 e. The van der Waals surface area contributed by atoms with E-state index in [1.54, 1.807) is 67.5 Å². The van der Waals surface area contributed by atoms with Crippen LogP contribution in [-0.4, -0.2) is 61.2 Å². The van der Waals surface area contributed by atoms with Crippen LogP contribution in [-0.2, 0) is 48.0 Å². The zero-order chi connectivity index (χ0) is 37.4. The van der Waals surface area contributed by atoms with Gasteiger partial charge in [0.2, 0.25) is 0 Å². The van der Waals surface area contributed by atoms with E-state index in [-0.39, 0.29) is 43.3 Å². The quantitative estimate of drug-likeness (QED) is 0.168. The number of carbonyl (C=O) groups excluding carboxylic acids is 2. The maximum absolute atomic E-state index is 12.1. The van der Waals surface area contributed by atoms with E-state index in [1.165, 1.54) is 0 Å². The summed E-state index contributed by atoms with van der Waals surface area (Å²) in [6.45, 7) is 22.7. The molecule has 0 aromatic rings. The van der Waals surface area contributed by atoms with E-state index in [2.05, 4.69) is 20.0 Å². The fraction of sp³-hybridized carbons (Fsp3) is 0.421. The first kappa shape index (κ1) is 42.5. The van der Waals surface area contributed by atoms with E-state index in [0.29, 0.717) is 94.4 Å². The molecule has 51 heavy (non-hydrogen) atoms. The van der Waals surface area contributed by atoms with Gasteiger partial charge in [0.25, 0.3) is 0 Å². The molecule has 4 rings (SSSR count). The van der Waals surface area contributed by atoms with Crippen molar-refractivity contribution in [1.29, 1.82) is 0 Å². The van der Waals surface area contributed by atoms with Crippen LogP contribution in [0.15, 0.2) is 111 Å². The molecule has 0 saturated heterocycles. The van der Waals surface area contributed by atoms with Gasteiger partial charge < -0.3 is 29.2 Å². The third-order valence-corrected chi connectivity index (χ3v) is 8.10. The van der Waals surface area contributed by atoms with Crippen molar-refractivity contribution in [1.82, 2.24) is 0 Å². The molecule has 0 amide bonds. The first-order chi connectivity index (χ1) is 23.6. The maximum Gasteiger partial charge on any atom is 2.00 e. The molecule has 13 heteroatoms. The molecule has 0 N–H and O–H groups in total. The molecule has 0 saturated carbocycles. The second-order valence-electron chi connectivity index (χ2n) is 11.5. The van der Waals surface area contributed by atoms with Gasteiger partial charge >= 0.3 is 31.4 Å². The second kappa shape index (κ2) is 18.6. The molecule has 0 radical (unpaired) electrons. The molecule has 4 aliphatic heterocycles. The van der Waals surface area contributed by atoms with Gasteiger partial charge in [0.15, 0.2) is 0 Å². The summed E-state index contributed by atoms with van der Waals surface area (Å²) in [5.41, 5.74) is 9.99. The molecule has 0 fully saturated rings. The van der Waals surface area contributed by atoms with Crippen LogP contribution < -0.4 is 10.2 Å². The van der Waals surface area contributed by atoms with Crippen molar-refractivity contribution in [2.45, 2.75) is 83.1 Å². The van der Waals surface area contributed by atoms with Crippen LogP contribution in [0.2, 0.25) is 0 Å². The molecule has 0 bridgehead atoms. The SMILES string of the molecule is CCOC(=O)C1=C(C)/C(=C/C2=C(C)C(=C(/[O-])OCC)/C(C)=N2)N=C1C.CCOC(=O)C1=C(C)/C(=C/C2=C(C)C(=C(/[O-])OCC)/C(C)=N2)N=C1C.[Zn+2]. The van der Waals surface area contributed by atoms with Gasteiger partial charge in [0.05, 0.1) is 70.5 Å². The zero-order valence-corrected chi connectivity index (χ0v) is 34.7. The third kappa shape index (κ3) is 9.38. The van der Waals surface area contributed by atoms with Crippen molar-refractivity contribution in [3.05, 3.63) is 91.4 Å².